The molecule has 1 rings (SSSR count). The molecule has 0 spiro atoms. The van der Waals surface area contributed by atoms with E-state index in [2.05, 4.69) is 25.7 Å². The highest BCUT2D eigenvalue weighted by Gasteiger charge is 2.37. The highest BCUT2D eigenvalue weighted by atomic mass is 16.3. The van der Waals surface area contributed by atoms with Crippen LogP contribution in [-0.4, -0.2) is 41.0 Å². The molecule has 3 heteroatoms. The van der Waals surface area contributed by atoms with Crippen molar-refractivity contribution < 1.29 is 9.90 Å². The molecule has 0 aromatic carbocycles. The van der Waals surface area contributed by atoms with Gasteiger partial charge in [-0.2, -0.15) is 0 Å². The molecule has 0 radical (unpaired) electrons. The summed E-state index contributed by atoms with van der Waals surface area (Å²) in [6.45, 7) is 7.71. The minimum atomic E-state index is -0.303. The first-order valence-electron chi connectivity index (χ1n) is 4.34. The van der Waals surface area contributed by atoms with E-state index in [1.54, 1.807) is 0 Å². The van der Waals surface area contributed by atoms with Gasteiger partial charge >= 0.3 is 0 Å². The molecule has 0 aromatic rings. The number of carbonyl (C=O) groups is 1. The molecule has 0 amide bonds. The van der Waals surface area contributed by atoms with E-state index in [4.69, 9.17) is 5.11 Å². The average Bonchev–Trinajstić information content (AvgIpc) is 1.80. The number of hydrogen-bond acceptors (Lipinski definition) is 3. The van der Waals surface area contributed by atoms with E-state index in [-0.39, 0.29) is 23.8 Å². The predicted octanol–water partition coefficient (Wildman–Crippen LogP) is 0.278. The van der Waals surface area contributed by atoms with Crippen LogP contribution in [0.2, 0.25) is 0 Å². The van der Waals surface area contributed by atoms with Crippen molar-refractivity contribution in [3.8, 4) is 0 Å². The molecule has 3 nitrogen and oxygen atoms in total. The van der Waals surface area contributed by atoms with Gasteiger partial charge in [0.05, 0.1) is 0 Å². The maximum absolute atomic E-state index is 11.0. The van der Waals surface area contributed by atoms with Crippen molar-refractivity contribution in [3.05, 3.63) is 0 Å². The number of carbonyl (C=O) groups excluding carboxylic acids is 1. The molecule has 0 bridgehead atoms. The van der Waals surface area contributed by atoms with Crippen LogP contribution < -0.4 is 0 Å². The van der Waals surface area contributed by atoms with E-state index in [9.17, 15) is 4.79 Å². The molecule has 1 N–H and O–H groups in total. The minimum Gasteiger partial charge on any atom is -0.389 e. The highest BCUT2D eigenvalue weighted by Crippen LogP contribution is 2.25. The van der Waals surface area contributed by atoms with E-state index in [1.165, 1.54) is 0 Å². The molecule has 0 unspecified atom stereocenters. The Hall–Kier alpha value is -0.410. The normalized spacial score (nSPS) is 20.7. The second-order valence-electron chi connectivity index (χ2n) is 4.40. The fourth-order valence-corrected chi connectivity index (χ4v) is 1.36. The lowest BCUT2D eigenvalue weighted by atomic mass is 9.90. The van der Waals surface area contributed by atoms with Gasteiger partial charge in [-0.3, -0.25) is 9.69 Å². The predicted molar refractivity (Wildman–Crippen MR) is 46.9 cm³/mol. The van der Waals surface area contributed by atoms with Crippen LogP contribution in [0.5, 0.6) is 0 Å². The summed E-state index contributed by atoms with van der Waals surface area (Å²) in [5.41, 5.74) is 0.159. The van der Waals surface area contributed by atoms with Gasteiger partial charge in [0.2, 0.25) is 0 Å². The summed E-state index contributed by atoms with van der Waals surface area (Å²) in [4.78, 5) is 13.2. The lowest BCUT2D eigenvalue weighted by molar-refractivity contribution is -0.133. The van der Waals surface area contributed by atoms with E-state index < -0.39 is 0 Å². The van der Waals surface area contributed by atoms with Gasteiger partial charge in [0, 0.05) is 24.5 Å². The van der Waals surface area contributed by atoms with Gasteiger partial charge in [-0.15, -0.1) is 0 Å². The highest BCUT2D eigenvalue weighted by molar-refractivity contribution is 5.83. The van der Waals surface area contributed by atoms with Crippen LogP contribution in [0.3, 0.4) is 0 Å². The summed E-state index contributed by atoms with van der Waals surface area (Å²) in [6, 6.07) is 0. The first-order chi connectivity index (χ1) is 5.45. The van der Waals surface area contributed by atoms with Crippen molar-refractivity contribution in [2.75, 3.05) is 19.7 Å². The molecule has 0 aromatic heterocycles. The number of rotatable bonds is 2. The molecule has 0 atom stereocenters. The molecular formula is C9H17NO2. The van der Waals surface area contributed by atoms with E-state index in [0.29, 0.717) is 0 Å². The largest absolute Gasteiger partial charge is 0.389 e. The fourth-order valence-electron chi connectivity index (χ4n) is 1.36. The summed E-state index contributed by atoms with van der Waals surface area (Å²) in [7, 11) is 0. The summed E-state index contributed by atoms with van der Waals surface area (Å²) < 4.78 is 0. The number of hydrogen-bond donors (Lipinski definition) is 1. The third-order valence-corrected chi connectivity index (χ3v) is 2.44. The summed E-state index contributed by atoms with van der Waals surface area (Å²) in [6.07, 6.45) is 0. The molecule has 1 fully saturated rings. The van der Waals surface area contributed by atoms with Gasteiger partial charge in [-0.25, -0.2) is 0 Å². The molecule has 1 aliphatic heterocycles. The lowest BCUT2D eigenvalue weighted by Gasteiger charge is -2.46. The Kier molecular flexibility index (Phi) is 2.54. The van der Waals surface area contributed by atoms with Crippen molar-refractivity contribution in [1.29, 1.82) is 0 Å². The minimum absolute atomic E-state index is 0.0181. The van der Waals surface area contributed by atoms with Crippen LogP contribution in [0.25, 0.3) is 0 Å². The molecule has 0 saturated carbocycles. The maximum Gasteiger partial charge on any atom is 0.163 e. The topological polar surface area (TPSA) is 40.5 Å². The first kappa shape index (κ1) is 9.68. The van der Waals surface area contributed by atoms with Gasteiger partial charge < -0.3 is 5.11 Å². The monoisotopic (exact) mass is 171 g/mol. The Morgan fingerprint density at radius 1 is 1.50 bits per heavy atom. The van der Waals surface area contributed by atoms with Crippen molar-refractivity contribution in [3.63, 3.8) is 0 Å². The van der Waals surface area contributed by atoms with Crippen LogP contribution >= 0.6 is 0 Å². The molecule has 1 heterocycles. The number of nitrogens with zero attached hydrogens (tertiary/aromatic N) is 1. The molecule has 70 valence electrons. The van der Waals surface area contributed by atoms with Gasteiger partial charge in [0.25, 0.3) is 0 Å². The van der Waals surface area contributed by atoms with Crippen LogP contribution in [0.15, 0.2) is 0 Å². The number of likely N-dealkylation sites (tertiary alicyclic amines) is 1. The first-order valence-corrected chi connectivity index (χ1v) is 4.34. The Balaban J connectivity index is 2.34. The van der Waals surface area contributed by atoms with Gasteiger partial charge in [-0.1, -0.05) is 0 Å². The van der Waals surface area contributed by atoms with Gasteiger partial charge in [-0.05, 0) is 20.8 Å². The van der Waals surface area contributed by atoms with E-state index in [1.807, 2.05) is 0 Å². The third kappa shape index (κ3) is 1.84. The Morgan fingerprint density at radius 2 is 2.00 bits per heavy atom. The molecule has 1 aliphatic rings. The Labute approximate surface area is 73.4 Å². The van der Waals surface area contributed by atoms with Crippen molar-refractivity contribution in [2.45, 2.75) is 26.3 Å². The van der Waals surface area contributed by atoms with E-state index >= 15 is 0 Å². The number of Topliss-reactive ketones (excluding diaryl/α,β-unsaturated/α-hetero) is 1. The van der Waals surface area contributed by atoms with Crippen LogP contribution in [0.4, 0.5) is 0 Å². The van der Waals surface area contributed by atoms with Crippen molar-refractivity contribution in [1.82, 2.24) is 4.90 Å². The quantitative estimate of drug-likeness (QED) is 0.648. The van der Waals surface area contributed by atoms with Crippen LogP contribution in [-0.2, 0) is 4.79 Å². The fraction of sp³-hybridized carbons (Fsp3) is 0.889. The van der Waals surface area contributed by atoms with Crippen molar-refractivity contribution >= 4 is 5.78 Å². The third-order valence-electron chi connectivity index (χ3n) is 2.44. The van der Waals surface area contributed by atoms with Crippen LogP contribution in [0, 0.1) is 5.92 Å². The summed E-state index contributed by atoms with van der Waals surface area (Å²) in [5, 5.41) is 8.59. The Morgan fingerprint density at radius 3 is 2.33 bits per heavy atom. The second-order valence-corrected chi connectivity index (χ2v) is 4.40. The summed E-state index contributed by atoms with van der Waals surface area (Å²) in [5.74, 6) is 0.0599. The van der Waals surface area contributed by atoms with E-state index in [0.717, 1.165) is 13.1 Å². The number of ketones is 1. The zero-order valence-corrected chi connectivity index (χ0v) is 8.00. The van der Waals surface area contributed by atoms with Crippen LogP contribution in [0.1, 0.15) is 20.8 Å². The summed E-state index contributed by atoms with van der Waals surface area (Å²) >= 11 is 0. The van der Waals surface area contributed by atoms with Gasteiger partial charge in [0.1, 0.15) is 6.61 Å². The van der Waals surface area contributed by atoms with Gasteiger partial charge in [0.15, 0.2) is 5.78 Å². The molecular weight excluding hydrogens is 154 g/mol. The average molecular weight is 171 g/mol. The molecule has 12 heavy (non-hydrogen) atoms. The Bertz CT molecular complexity index is 177. The zero-order valence-electron chi connectivity index (χ0n) is 8.00. The lowest BCUT2D eigenvalue weighted by Crippen LogP contribution is -2.58. The smallest absolute Gasteiger partial charge is 0.163 e. The SMILES string of the molecule is CC(C)(C)N1CC(C(=O)CO)C1. The molecule has 1 saturated heterocycles. The second kappa shape index (κ2) is 3.15. The zero-order chi connectivity index (χ0) is 9.35. The van der Waals surface area contributed by atoms with Crippen molar-refractivity contribution in [2.24, 2.45) is 5.92 Å². The maximum atomic E-state index is 11.0. The number of aliphatic hydroxyl groups excluding tert-OH is 1. The standard InChI is InChI=1S/C9H17NO2/c1-9(2,3)10-4-7(5-10)8(12)6-11/h7,11H,4-6H2,1-3H3. The number of aliphatic hydroxyl groups is 1. The molecule has 0 aliphatic carbocycles.